The first-order chi connectivity index (χ1) is 8.13. The van der Waals surface area contributed by atoms with Gasteiger partial charge in [-0.2, -0.15) is 0 Å². The van der Waals surface area contributed by atoms with Crippen LogP contribution in [0.2, 0.25) is 0 Å². The van der Waals surface area contributed by atoms with Crippen LogP contribution in [-0.4, -0.2) is 32.1 Å². The zero-order chi connectivity index (χ0) is 12.7. The Morgan fingerprint density at radius 3 is 2.67 bits per heavy atom. The number of carbonyl (C=O) groups is 1. The molecule has 0 fully saturated rings. The summed E-state index contributed by atoms with van der Waals surface area (Å²) in [4.78, 5) is 11.2. The molecule has 102 valence electrons. The van der Waals surface area contributed by atoms with E-state index in [1.54, 1.807) is 7.05 Å². The van der Waals surface area contributed by atoms with Crippen LogP contribution in [0, 0.1) is 6.92 Å². The summed E-state index contributed by atoms with van der Waals surface area (Å²) in [6, 6.07) is 7.85. The number of aryl methyl sites for hydroxylation is 1. The molecule has 0 aliphatic carbocycles. The van der Waals surface area contributed by atoms with Gasteiger partial charge in [0.1, 0.15) is 11.9 Å². The molecule has 0 heterocycles. The third kappa shape index (κ3) is 5.89. The molecule has 0 aliphatic heterocycles. The Morgan fingerprint density at radius 1 is 1.39 bits per heavy atom. The maximum Gasteiger partial charge on any atom is 0.234 e. The number of rotatable bonds is 6. The van der Waals surface area contributed by atoms with Crippen molar-refractivity contribution in [3.63, 3.8) is 0 Å². The van der Waals surface area contributed by atoms with Crippen LogP contribution in [0.4, 0.5) is 0 Å². The average Bonchev–Trinajstić information content (AvgIpc) is 2.30. The van der Waals surface area contributed by atoms with E-state index in [1.165, 1.54) is 0 Å². The van der Waals surface area contributed by atoms with Gasteiger partial charge >= 0.3 is 0 Å². The minimum Gasteiger partial charge on any atom is -0.489 e. The molecule has 1 aromatic carbocycles. The maximum atomic E-state index is 11.2. The second kappa shape index (κ2) is 8.78. The third-order valence-electron chi connectivity index (χ3n) is 2.35. The molecule has 5 heteroatoms. The molecule has 0 saturated carbocycles. The van der Waals surface area contributed by atoms with Crippen molar-refractivity contribution in [3.05, 3.63) is 29.8 Å². The van der Waals surface area contributed by atoms with E-state index in [1.807, 2.05) is 38.1 Å². The van der Waals surface area contributed by atoms with E-state index in [0.29, 0.717) is 13.1 Å². The van der Waals surface area contributed by atoms with Crippen molar-refractivity contribution in [1.29, 1.82) is 0 Å². The fraction of sp³-hybridized carbons (Fsp3) is 0.462. The topological polar surface area (TPSA) is 50.4 Å². The second-order valence-electron chi connectivity index (χ2n) is 4.03. The van der Waals surface area contributed by atoms with Crippen LogP contribution in [0.5, 0.6) is 5.75 Å². The van der Waals surface area contributed by atoms with E-state index in [9.17, 15) is 4.79 Å². The first kappa shape index (κ1) is 16.7. The summed E-state index contributed by atoms with van der Waals surface area (Å²) in [7, 11) is 1.74. The molecule has 0 radical (unpaired) electrons. The molecule has 4 nitrogen and oxygen atoms in total. The Labute approximate surface area is 115 Å². The molecule has 2 N–H and O–H groups in total. The summed E-state index contributed by atoms with van der Waals surface area (Å²) in [5.41, 5.74) is 1.10. The molecule has 0 aliphatic rings. The lowest BCUT2D eigenvalue weighted by Crippen LogP contribution is -2.38. The predicted molar refractivity (Wildman–Crippen MR) is 75.5 cm³/mol. The first-order valence-corrected chi connectivity index (χ1v) is 5.77. The molecule has 0 aromatic heterocycles. The molecule has 1 unspecified atom stereocenters. The molecular weight excluding hydrogens is 252 g/mol. The van der Waals surface area contributed by atoms with Gasteiger partial charge in [0.15, 0.2) is 0 Å². The quantitative estimate of drug-likeness (QED) is 0.826. The van der Waals surface area contributed by atoms with Crippen LogP contribution >= 0.6 is 12.4 Å². The van der Waals surface area contributed by atoms with E-state index in [0.717, 1.165) is 11.3 Å². The molecule has 18 heavy (non-hydrogen) atoms. The molecule has 0 bridgehead atoms. The third-order valence-corrected chi connectivity index (χ3v) is 2.35. The predicted octanol–water partition coefficient (Wildman–Crippen LogP) is 1.52. The highest BCUT2D eigenvalue weighted by atomic mass is 35.5. The van der Waals surface area contributed by atoms with Crippen LogP contribution in [0.1, 0.15) is 12.5 Å². The van der Waals surface area contributed by atoms with Gasteiger partial charge in [-0.05, 0) is 32.5 Å². The van der Waals surface area contributed by atoms with Crippen LogP contribution in [0.15, 0.2) is 24.3 Å². The number of amides is 1. The number of likely N-dealkylation sites (N-methyl/N-ethyl adjacent to an activating group) is 1. The highest BCUT2D eigenvalue weighted by Crippen LogP contribution is 2.17. The van der Waals surface area contributed by atoms with Crippen LogP contribution in [0.25, 0.3) is 0 Å². The highest BCUT2D eigenvalue weighted by Gasteiger charge is 2.07. The minimum absolute atomic E-state index is 0. The molecule has 1 rings (SSSR count). The molecule has 1 atom stereocenters. The Hall–Kier alpha value is -1.26. The van der Waals surface area contributed by atoms with Crippen LogP contribution < -0.4 is 15.4 Å². The van der Waals surface area contributed by atoms with Crippen molar-refractivity contribution < 1.29 is 9.53 Å². The van der Waals surface area contributed by atoms with E-state index >= 15 is 0 Å². The summed E-state index contributed by atoms with van der Waals surface area (Å²) < 4.78 is 5.74. The monoisotopic (exact) mass is 272 g/mol. The normalized spacial score (nSPS) is 11.3. The Bertz CT molecular complexity index is 372. The minimum atomic E-state index is -0.0445. The standard InChI is InChI=1S/C13H20N2O2.ClH/c1-10-6-4-5-7-12(10)17-11(2)8-15-13(16)9-14-3;/h4-7,11,14H,8-9H2,1-3H3,(H,15,16);1H. The summed E-state index contributed by atoms with van der Waals surface area (Å²) in [6.45, 7) is 4.78. The molecule has 0 spiro atoms. The fourth-order valence-corrected chi connectivity index (χ4v) is 1.43. The lowest BCUT2D eigenvalue weighted by atomic mass is 10.2. The summed E-state index contributed by atoms with van der Waals surface area (Å²) in [6.07, 6.45) is -0.0445. The number of ether oxygens (including phenoxy) is 1. The van der Waals surface area contributed by atoms with Gasteiger partial charge in [-0.1, -0.05) is 18.2 Å². The lowest BCUT2D eigenvalue weighted by molar-refractivity contribution is -0.120. The molecule has 1 amide bonds. The van der Waals surface area contributed by atoms with Crippen molar-refractivity contribution in [2.24, 2.45) is 0 Å². The van der Waals surface area contributed by atoms with Gasteiger partial charge in [-0.25, -0.2) is 0 Å². The Kier molecular flexibility index (Phi) is 8.16. The largest absolute Gasteiger partial charge is 0.489 e. The number of nitrogens with one attached hydrogen (secondary N) is 2. The number of hydrogen-bond acceptors (Lipinski definition) is 3. The van der Waals surface area contributed by atoms with Crippen molar-refractivity contribution >= 4 is 18.3 Å². The second-order valence-corrected chi connectivity index (χ2v) is 4.03. The fourth-order valence-electron chi connectivity index (χ4n) is 1.43. The van der Waals surface area contributed by atoms with Gasteiger partial charge in [0.05, 0.1) is 13.1 Å². The zero-order valence-electron chi connectivity index (χ0n) is 11.0. The average molecular weight is 273 g/mol. The number of benzene rings is 1. The van der Waals surface area contributed by atoms with Crippen LogP contribution in [0.3, 0.4) is 0 Å². The van der Waals surface area contributed by atoms with Gasteiger partial charge < -0.3 is 15.4 Å². The smallest absolute Gasteiger partial charge is 0.234 e. The Morgan fingerprint density at radius 2 is 2.06 bits per heavy atom. The molecule has 0 saturated heterocycles. The first-order valence-electron chi connectivity index (χ1n) is 5.77. The molecular formula is C13H21ClN2O2. The summed E-state index contributed by atoms with van der Waals surface area (Å²) >= 11 is 0. The lowest BCUT2D eigenvalue weighted by Gasteiger charge is -2.16. The maximum absolute atomic E-state index is 11.2. The van der Waals surface area contributed by atoms with Crippen molar-refractivity contribution in [3.8, 4) is 5.75 Å². The summed E-state index contributed by atoms with van der Waals surface area (Å²) in [5.74, 6) is 0.843. The van der Waals surface area contributed by atoms with Gasteiger partial charge in [0.25, 0.3) is 0 Å². The highest BCUT2D eigenvalue weighted by molar-refractivity contribution is 5.85. The number of halogens is 1. The van der Waals surface area contributed by atoms with Crippen LogP contribution in [-0.2, 0) is 4.79 Å². The van der Waals surface area contributed by atoms with Crippen molar-refractivity contribution in [2.45, 2.75) is 20.0 Å². The molecule has 1 aromatic rings. The SMILES string of the molecule is CNCC(=O)NCC(C)Oc1ccccc1C.Cl. The van der Waals surface area contributed by atoms with Gasteiger partial charge in [0.2, 0.25) is 5.91 Å². The van der Waals surface area contributed by atoms with Gasteiger partial charge in [-0.3, -0.25) is 4.79 Å². The van der Waals surface area contributed by atoms with Gasteiger partial charge in [0, 0.05) is 0 Å². The van der Waals surface area contributed by atoms with E-state index in [4.69, 9.17) is 4.74 Å². The number of hydrogen-bond donors (Lipinski definition) is 2. The van der Waals surface area contributed by atoms with E-state index < -0.39 is 0 Å². The van der Waals surface area contributed by atoms with E-state index in [-0.39, 0.29) is 24.4 Å². The number of carbonyl (C=O) groups excluding carboxylic acids is 1. The van der Waals surface area contributed by atoms with Crippen molar-refractivity contribution in [2.75, 3.05) is 20.1 Å². The zero-order valence-corrected chi connectivity index (χ0v) is 11.8. The Balaban J connectivity index is 0.00000289. The summed E-state index contributed by atoms with van der Waals surface area (Å²) in [5, 5.41) is 5.59. The van der Waals surface area contributed by atoms with E-state index in [2.05, 4.69) is 10.6 Å². The van der Waals surface area contributed by atoms with Crippen molar-refractivity contribution in [1.82, 2.24) is 10.6 Å². The van der Waals surface area contributed by atoms with Gasteiger partial charge in [-0.15, -0.1) is 12.4 Å². The number of para-hydroxylation sites is 1.